The molecule has 2 aromatic heterocycles. The zero-order valence-electron chi connectivity index (χ0n) is 22.1. The smallest absolute Gasteiger partial charge is 0.330 e. The summed E-state index contributed by atoms with van der Waals surface area (Å²) in [5, 5.41) is 25.5. The molecule has 0 unspecified atom stereocenters. The van der Waals surface area contributed by atoms with Gasteiger partial charge in [-0.05, 0) is 31.5 Å². The van der Waals surface area contributed by atoms with Crippen LogP contribution in [0.5, 0.6) is 17.2 Å². The summed E-state index contributed by atoms with van der Waals surface area (Å²) < 4.78 is 12.9. The van der Waals surface area contributed by atoms with Crippen LogP contribution in [0, 0.1) is 6.92 Å². The van der Waals surface area contributed by atoms with Crippen LogP contribution >= 0.6 is 0 Å². The van der Waals surface area contributed by atoms with Gasteiger partial charge in [0.05, 0.1) is 19.6 Å². The lowest BCUT2D eigenvalue weighted by molar-refractivity contribution is -0.128. The lowest BCUT2D eigenvalue weighted by atomic mass is 9.91. The molecule has 2 amide bonds. The van der Waals surface area contributed by atoms with Crippen LogP contribution in [0.3, 0.4) is 0 Å². The van der Waals surface area contributed by atoms with E-state index in [1.54, 1.807) is 0 Å². The van der Waals surface area contributed by atoms with E-state index in [0.29, 0.717) is 5.56 Å². The number of hydrogen-bond donors (Lipinski definition) is 4. The Bertz CT molecular complexity index is 1590. The molecule has 39 heavy (non-hydrogen) atoms. The molecule has 1 aromatic carbocycles. The van der Waals surface area contributed by atoms with Crippen molar-refractivity contribution >= 4 is 11.8 Å². The number of benzene rings is 1. The van der Waals surface area contributed by atoms with Crippen LogP contribution in [-0.4, -0.2) is 44.3 Å². The number of rotatable bonds is 9. The SMILES string of the molecule is COc1cc([C@@H](CC(=O)N[C@@H](C)C(=O)NCc2cc(=O)n(C)c(=O)n2C)c2oc(C)cc(=O)c2O)ccc1O. The monoisotopic (exact) mass is 542 g/mol. The summed E-state index contributed by atoms with van der Waals surface area (Å²) in [5.74, 6) is -2.84. The molecule has 0 saturated heterocycles. The quantitative estimate of drug-likeness (QED) is 0.292. The van der Waals surface area contributed by atoms with Crippen molar-refractivity contribution in [2.24, 2.45) is 14.1 Å². The number of aromatic nitrogens is 2. The average molecular weight is 543 g/mol. The zero-order chi connectivity index (χ0) is 29.0. The van der Waals surface area contributed by atoms with Gasteiger partial charge in [-0.2, -0.15) is 0 Å². The predicted molar refractivity (Wildman–Crippen MR) is 139 cm³/mol. The first kappa shape index (κ1) is 28.8. The van der Waals surface area contributed by atoms with Gasteiger partial charge in [0.2, 0.25) is 23.0 Å². The minimum atomic E-state index is -1.02. The Kier molecular flexibility index (Phi) is 8.64. The number of nitrogens with zero attached hydrogens (tertiary/aromatic N) is 2. The third-order valence-electron chi connectivity index (χ3n) is 6.22. The van der Waals surface area contributed by atoms with Gasteiger partial charge in [0, 0.05) is 38.3 Å². The van der Waals surface area contributed by atoms with Crippen LogP contribution in [0.4, 0.5) is 0 Å². The molecule has 0 spiro atoms. The summed E-state index contributed by atoms with van der Waals surface area (Å²) in [6, 6.07) is 5.59. The third kappa shape index (κ3) is 6.37. The number of methoxy groups -OCH3 is 1. The van der Waals surface area contributed by atoms with Crippen molar-refractivity contribution in [2.45, 2.75) is 38.8 Å². The van der Waals surface area contributed by atoms with Crippen LogP contribution in [0.2, 0.25) is 0 Å². The maximum absolute atomic E-state index is 13.0. The summed E-state index contributed by atoms with van der Waals surface area (Å²) in [6.45, 7) is 2.84. The first-order valence-corrected chi connectivity index (χ1v) is 11.9. The van der Waals surface area contributed by atoms with Crippen molar-refractivity contribution in [3.8, 4) is 17.2 Å². The van der Waals surface area contributed by atoms with E-state index < -0.39 is 46.2 Å². The summed E-state index contributed by atoms with van der Waals surface area (Å²) >= 11 is 0. The first-order valence-electron chi connectivity index (χ1n) is 11.9. The molecule has 13 heteroatoms. The second kappa shape index (κ2) is 11.7. The Balaban J connectivity index is 1.80. The Morgan fingerprint density at radius 3 is 2.44 bits per heavy atom. The van der Waals surface area contributed by atoms with Gasteiger partial charge in [-0.3, -0.25) is 28.3 Å². The molecule has 2 atom stereocenters. The van der Waals surface area contributed by atoms with Gasteiger partial charge in [-0.25, -0.2) is 4.79 Å². The van der Waals surface area contributed by atoms with Crippen LogP contribution in [0.15, 0.2) is 49.1 Å². The van der Waals surface area contributed by atoms with Gasteiger partial charge in [0.15, 0.2) is 17.3 Å². The highest BCUT2D eigenvalue weighted by molar-refractivity contribution is 5.87. The molecule has 0 aliphatic heterocycles. The number of phenols is 1. The molecule has 0 aliphatic carbocycles. The van der Waals surface area contributed by atoms with Gasteiger partial charge >= 0.3 is 5.69 Å². The van der Waals surface area contributed by atoms with Crippen LogP contribution < -0.4 is 32.0 Å². The minimum Gasteiger partial charge on any atom is -0.504 e. The largest absolute Gasteiger partial charge is 0.504 e. The molecular formula is C26H30N4O9. The molecular weight excluding hydrogens is 512 g/mol. The van der Waals surface area contributed by atoms with E-state index in [1.807, 2.05) is 0 Å². The molecule has 0 bridgehead atoms. The number of amides is 2. The third-order valence-corrected chi connectivity index (χ3v) is 6.22. The summed E-state index contributed by atoms with van der Waals surface area (Å²) in [7, 11) is 4.15. The number of aromatic hydroxyl groups is 2. The van der Waals surface area contributed by atoms with Crippen molar-refractivity contribution in [3.63, 3.8) is 0 Å². The molecule has 3 rings (SSSR count). The highest BCUT2D eigenvalue weighted by atomic mass is 16.5. The fraction of sp³-hybridized carbons (Fsp3) is 0.346. The number of aryl methyl sites for hydroxylation is 1. The van der Waals surface area contributed by atoms with Gasteiger partial charge < -0.3 is 30.0 Å². The standard InChI is InChI=1S/C26H30N4O9/c1-13-8-19(32)23(35)24(39-13)17(15-6-7-18(31)20(9-15)38-5)11-21(33)28-14(2)25(36)27-12-16-10-22(34)30(4)26(37)29(16)3/h6-10,14,17,31,35H,11-12H2,1-5H3,(H,27,36)(H,28,33)/t14-,17+/m0/s1. The summed E-state index contributed by atoms with van der Waals surface area (Å²) in [4.78, 5) is 61.9. The second-order valence-electron chi connectivity index (χ2n) is 9.00. The Hall–Kier alpha value is -4.81. The number of carbonyl (C=O) groups is 2. The first-order chi connectivity index (χ1) is 18.3. The van der Waals surface area contributed by atoms with Crippen molar-refractivity contribution in [1.82, 2.24) is 19.8 Å². The lowest BCUT2D eigenvalue weighted by Crippen LogP contribution is -2.46. The number of nitrogens with one attached hydrogen (secondary N) is 2. The minimum absolute atomic E-state index is 0.102. The van der Waals surface area contributed by atoms with Gasteiger partial charge in [-0.1, -0.05) is 6.07 Å². The van der Waals surface area contributed by atoms with Crippen LogP contribution in [-0.2, 0) is 30.2 Å². The van der Waals surface area contributed by atoms with Crippen molar-refractivity contribution < 1.29 is 29.0 Å². The van der Waals surface area contributed by atoms with Crippen LogP contribution in [0.1, 0.15) is 42.0 Å². The van der Waals surface area contributed by atoms with Crippen LogP contribution in [0.25, 0.3) is 0 Å². The van der Waals surface area contributed by atoms with E-state index in [0.717, 1.165) is 10.6 Å². The highest BCUT2D eigenvalue weighted by Gasteiger charge is 2.28. The molecule has 208 valence electrons. The van der Waals surface area contributed by atoms with E-state index in [4.69, 9.17) is 9.15 Å². The topological polar surface area (TPSA) is 182 Å². The molecule has 0 fully saturated rings. The van der Waals surface area contributed by atoms with E-state index >= 15 is 0 Å². The Morgan fingerprint density at radius 1 is 1.08 bits per heavy atom. The summed E-state index contributed by atoms with van der Waals surface area (Å²) in [6.07, 6.45) is -0.339. The normalized spacial score (nSPS) is 12.4. The van der Waals surface area contributed by atoms with Crippen molar-refractivity contribution in [2.75, 3.05) is 7.11 Å². The van der Waals surface area contributed by atoms with Gasteiger partial charge in [-0.15, -0.1) is 0 Å². The fourth-order valence-corrected chi connectivity index (χ4v) is 3.96. The molecule has 3 aromatic rings. The van der Waals surface area contributed by atoms with Crippen molar-refractivity contribution in [1.29, 1.82) is 0 Å². The Labute approximate surface area is 222 Å². The predicted octanol–water partition coefficient (Wildman–Crippen LogP) is 0.109. The molecule has 0 radical (unpaired) electrons. The molecule has 0 aliphatic rings. The maximum Gasteiger partial charge on any atom is 0.330 e. The molecule has 4 N–H and O–H groups in total. The summed E-state index contributed by atoms with van der Waals surface area (Å²) in [5.41, 5.74) is -1.08. The molecule has 0 saturated carbocycles. The lowest BCUT2D eigenvalue weighted by Gasteiger charge is -2.20. The van der Waals surface area contributed by atoms with Gasteiger partial charge in [0.1, 0.15) is 11.8 Å². The average Bonchev–Trinajstić information content (AvgIpc) is 2.89. The van der Waals surface area contributed by atoms with E-state index in [-0.39, 0.29) is 41.7 Å². The number of carbonyl (C=O) groups excluding carboxylic acids is 2. The van der Waals surface area contributed by atoms with Gasteiger partial charge in [0.25, 0.3) is 5.56 Å². The molecule has 13 nitrogen and oxygen atoms in total. The van der Waals surface area contributed by atoms with Crippen molar-refractivity contribution in [3.05, 3.63) is 84.2 Å². The number of ether oxygens (including phenoxy) is 1. The van der Waals surface area contributed by atoms with E-state index in [9.17, 15) is 34.2 Å². The zero-order valence-corrected chi connectivity index (χ0v) is 22.1. The highest BCUT2D eigenvalue weighted by Crippen LogP contribution is 2.37. The maximum atomic E-state index is 13.0. The second-order valence-corrected chi connectivity index (χ2v) is 9.00. The molecule has 2 heterocycles. The van der Waals surface area contributed by atoms with E-state index in [2.05, 4.69) is 10.6 Å². The number of hydrogen-bond acceptors (Lipinski definition) is 9. The number of phenolic OH excluding ortho intramolecular Hbond substituents is 1. The fourth-order valence-electron chi connectivity index (χ4n) is 3.96. The van der Waals surface area contributed by atoms with E-state index in [1.165, 1.54) is 63.9 Å². The Morgan fingerprint density at radius 2 is 1.77 bits per heavy atom.